The largest absolute Gasteiger partial charge is 0.288 e. The van der Waals surface area contributed by atoms with Crippen LogP contribution in [0.5, 0.6) is 0 Å². The molecule has 2 aromatic rings. The number of nitro groups is 1. The summed E-state index contributed by atoms with van der Waals surface area (Å²) < 4.78 is 0. The summed E-state index contributed by atoms with van der Waals surface area (Å²) in [6, 6.07) is 16.3. The summed E-state index contributed by atoms with van der Waals surface area (Å²) in [5.74, 6) is 0. The smallest absolute Gasteiger partial charge is 0.278 e. The minimum Gasteiger partial charge on any atom is -0.288 e. The van der Waals surface area contributed by atoms with Gasteiger partial charge in [0.15, 0.2) is 0 Å². The molecule has 0 heterocycles. The average molecular weight is 240 g/mol. The molecule has 2 aromatic carbocycles. The van der Waals surface area contributed by atoms with Gasteiger partial charge in [-0.25, -0.2) is 0 Å². The second-order valence-corrected chi connectivity index (χ2v) is 3.77. The quantitative estimate of drug-likeness (QED) is 0.468. The van der Waals surface area contributed by atoms with E-state index in [9.17, 15) is 10.1 Å². The fraction of sp³-hybridized carbons (Fsp3) is 0.0714. The zero-order chi connectivity index (χ0) is 12.8. The van der Waals surface area contributed by atoms with Crippen LogP contribution in [0.25, 0.3) is 0 Å². The number of para-hydroxylation sites is 1. The highest BCUT2D eigenvalue weighted by Crippen LogP contribution is 2.15. The summed E-state index contributed by atoms with van der Waals surface area (Å²) in [6.45, 7) is 0.521. The van der Waals surface area contributed by atoms with Gasteiger partial charge in [-0.2, -0.15) is 0 Å². The van der Waals surface area contributed by atoms with Gasteiger partial charge in [-0.15, -0.1) is 0 Å². The molecule has 0 aromatic heterocycles. The molecule has 18 heavy (non-hydrogen) atoms. The zero-order valence-electron chi connectivity index (χ0n) is 9.69. The van der Waals surface area contributed by atoms with Crippen molar-refractivity contribution in [2.24, 2.45) is 4.99 Å². The molecule has 0 amide bonds. The maximum Gasteiger partial charge on any atom is 0.278 e. The van der Waals surface area contributed by atoms with Gasteiger partial charge in [0.1, 0.15) is 0 Å². The molecule has 0 saturated heterocycles. The third-order valence-electron chi connectivity index (χ3n) is 2.48. The lowest BCUT2D eigenvalue weighted by molar-refractivity contribution is -0.385. The van der Waals surface area contributed by atoms with Gasteiger partial charge in [0.2, 0.25) is 0 Å². The number of hydrogen-bond donors (Lipinski definition) is 0. The molecule has 4 heteroatoms. The highest BCUT2D eigenvalue weighted by molar-refractivity contribution is 5.85. The summed E-state index contributed by atoms with van der Waals surface area (Å²) in [4.78, 5) is 14.6. The number of benzene rings is 2. The van der Waals surface area contributed by atoms with Crippen molar-refractivity contribution in [3.63, 3.8) is 0 Å². The first-order chi connectivity index (χ1) is 8.77. The molecular formula is C14H12N2O2. The topological polar surface area (TPSA) is 55.5 Å². The lowest BCUT2D eigenvalue weighted by Crippen LogP contribution is -1.94. The van der Waals surface area contributed by atoms with Crippen molar-refractivity contribution in [3.05, 3.63) is 75.8 Å². The van der Waals surface area contributed by atoms with Gasteiger partial charge in [0.05, 0.1) is 17.0 Å². The van der Waals surface area contributed by atoms with Crippen molar-refractivity contribution in [2.45, 2.75) is 6.54 Å². The van der Waals surface area contributed by atoms with Crippen LogP contribution in [-0.2, 0) is 6.54 Å². The molecule has 0 spiro atoms. The molecule has 0 bridgehead atoms. The SMILES string of the molecule is O=[N+]([O-])c1ccccc1C=NCc1ccccc1. The predicted octanol–water partition coefficient (Wildman–Crippen LogP) is 3.21. The van der Waals surface area contributed by atoms with E-state index in [1.807, 2.05) is 30.3 Å². The standard InChI is InChI=1S/C14H12N2O2/c17-16(18)14-9-5-4-8-13(14)11-15-10-12-6-2-1-3-7-12/h1-9,11H,10H2. The molecule has 2 rings (SSSR count). The first-order valence-corrected chi connectivity index (χ1v) is 5.54. The molecule has 0 N–H and O–H groups in total. The van der Waals surface area contributed by atoms with Crippen molar-refractivity contribution in [2.75, 3.05) is 0 Å². The fourth-order valence-electron chi connectivity index (χ4n) is 1.60. The van der Waals surface area contributed by atoms with Crippen molar-refractivity contribution in [1.29, 1.82) is 0 Å². The van der Waals surface area contributed by atoms with Crippen molar-refractivity contribution in [1.82, 2.24) is 0 Å². The van der Waals surface area contributed by atoms with E-state index in [4.69, 9.17) is 0 Å². The molecule has 0 aliphatic heterocycles. The van der Waals surface area contributed by atoms with Gasteiger partial charge in [0, 0.05) is 12.3 Å². The third-order valence-corrected chi connectivity index (χ3v) is 2.48. The number of hydrogen-bond acceptors (Lipinski definition) is 3. The van der Waals surface area contributed by atoms with Gasteiger partial charge < -0.3 is 0 Å². The Hall–Kier alpha value is -2.49. The normalized spacial score (nSPS) is 10.7. The number of rotatable bonds is 4. The summed E-state index contributed by atoms with van der Waals surface area (Å²) in [6.07, 6.45) is 1.55. The minimum absolute atomic E-state index is 0.0781. The van der Waals surface area contributed by atoms with Crippen molar-refractivity contribution in [3.8, 4) is 0 Å². The van der Waals surface area contributed by atoms with Gasteiger partial charge in [-0.05, 0) is 11.6 Å². The molecule has 0 saturated carbocycles. The summed E-state index contributed by atoms with van der Waals surface area (Å²) in [5.41, 5.74) is 1.68. The fourth-order valence-corrected chi connectivity index (χ4v) is 1.60. The van der Waals surface area contributed by atoms with Crippen LogP contribution in [0, 0.1) is 10.1 Å². The summed E-state index contributed by atoms with van der Waals surface area (Å²) >= 11 is 0. The zero-order valence-corrected chi connectivity index (χ0v) is 9.69. The lowest BCUT2D eigenvalue weighted by atomic mass is 10.2. The number of nitrogens with zero attached hydrogens (tertiary/aromatic N) is 2. The Balaban J connectivity index is 2.12. The summed E-state index contributed by atoms with van der Waals surface area (Å²) in [7, 11) is 0. The van der Waals surface area contributed by atoms with Crippen LogP contribution in [0.3, 0.4) is 0 Å². The van der Waals surface area contributed by atoms with E-state index >= 15 is 0 Å². The van der Waals surface area contributed by atoms with E-state index < -0.39 is 4.92 Å². The van der Waals surface area contributed by atoms with E-state index in [2.05, 4.69) is 4.99 Å². The van der Waals surface area contributed by atoms with Crippen molar-refractivity contribution < 1.29 is 4.92 Å². The highest BCUT2D eigenvalue weighted by atomic mass is 16.6. The molecule has 0 aliphatic carbocycles. The van der Waals surface area contributed by atoms with Crippen LogP contribution >= 0.6 is 0 Å². The Kier molecular flexibility index (Phi) is 3.81. The van der Waals surface area contributed by atoms with Crippen LogP contribution in [0.1, 0.15) is 11.1 Å². The van der Waals surface area contributed by atoms with Crippen LogP contribution in [-0.4, -0.2) is 11.1 Å². The second kappa shape index (κ2) is 5.72. The Bertz CT molecular complexity index is 565. The molecule has 4 nitrogen and oxygen atoms in total. The van der Waals surface area contributed by atoms with Crippen LogP contribution < -0.4 is 0 Å². The maximum atomic E-state index is 10.8. The molecule has 0 atom stereocenters. The van der Waals surface area contributed by atoms with Gasteiger partial charge in [0.25, 0.3) is 5.69 Å². The Morgan fingerprint density at radius 2 is 1.72 bits per heavy atom. The molecule has 90 valence electrons. The van der Waals surface area contributed by atoms with E-state index in [0.717, 1.165) is 5.56 Å². The van der Waals surface area contributed by atoms with Crippen molar-refractivity contribution >= 4 is 11.9 Å². The Morgan fingerprint density at radius 1 is 1.06 bits per heavy atom. The minimum atomic E-state index is -0.399. The first kappa shape index (κ1) is 12.0. The molecule has 0 fully saturated rings. The average Bonchev–Trinajstić information content (AvgIpc) is 2.40. The van der Waals surface area contributed by atoms with E-state index in [1.165, 1.54) is 6.07 Å². The van der Waals surface area contributed by atoms with Gasteiger partial charge in [-0.3, -0.25) is 15.1 Å². The monoisotopic (exact) mass is 240 g/mol. The van der Waals surface area contributed by atoms with Gasteiger partial charge in [-0.1, -0.05) is 42.5 Å². The summed E-state index contributed by atoms with van der Waals surface area (Å²) in [5, 5.41) is 10.8. The molecule has 0 radical (unpaired) electrons. The predicted molar refractivity (Wildman–Crippen MR) is 70.8 cm³/mol. The Morgan fingerprint density at radius 3 is 2.44 bits per heavy atom. The maximum absolute atomic E-state index is 10.8. The van der Waals surface area contributed by atoms with Crippen LogP contribution in [0.2, 0.25) is 0 Å². The first-order valence-electron chi connectivity index (χ1n) is 5.54. The third kappa shape index (κ3) is 3.01. The molecular weight excluding hydrogens is 228 g/mol. The highest BCUT2D eigenvalue weighted by Gasteiger charge is 2.09. The Labute approximate surface area is 105 Å². The van der Waals surface area contributed by atoms with E-state index in [0.29, 0.717) is 12.1 Å². The second-order valence-electron chi connectivity index (χ2n) is 3.77. The molecule has 0 aliphatic rings. The van der Waals surface area contributed by atoms with E-state index in [1.54, 1.807) is 24.4 Å². The van der Waals surface area contributed by atoms with Gasteiger partial charge >= 0.3 is 0 Å². The van der Waals surface area contributed by atoms with Crippen LogP contribution in [0.15, 0.2) is 59.6 Å². The molecule has 0 unspecified atom stereocenters. The number of nitro benzene ring substituents is 1. The lowest BCUT2D eigenvalue weighted by Gasteiger charge is -1.97. The number of aliphatic imine (C=N–C) groups is 1. The van der Waals surface area contributed by atoms with Crippen LogP contribution in [0.4, 0.5) is 5.69 Å². The van der Waals surface area contributed by atoms with E-state index in [-0.39, 0.29) is 5.69 Å².